The fourth-order valence-electron chi connectivity index (χ4n) is 3.35. The van der Waals surface area contributed by atoms with Gasteiger partial charge in [-0.2, -0.15) is 0 Å². The molecule has 1 aliphatic rings. The molecular weight excluding hydrogens is 462 g/mol. The van der Waals surface area contributed by atoms with Crippen LogP contribution in [0.25, 0.3) is 11.1 Å². The second kappa shape index (κ2) is 11.9. The summed E-state index contributed by atoms with van der Waals surface area (Å²) in [6.45, 7) is 0.228. The summed E-state index contributed by atoms with van der Waals surface area (Å²) < 4.78 is 16.4. The van der Waals surface area contributed by atoms with Gasteiger partial charge >= 0.3 is 11.9 Å². The quantitative estimate of drug-likeness (QED) is 0.284. The van der Waals surface area contributed by atoms with Gasteiger partial charge in [0, 0.05) is 29.1 Å². The summed E-state index contributed by atoms with van der Waals surface area (Å²) in [4.78, 5) is 36.6. The molecular formula is C24H25NO6S2. The first-order valence-corrected chi connectivity index (χ1v) is 13.1. The van der Waals surface area contributed by atoms with Crippen molar-refractivity contribution in [2.75, 3.05) is 24.4 Å². The molecule has 9 heteroatoms. The maximum atomic E-state index is 12.2. The predicted molar refractivity (Wildman–Crippen MR) is 129 cm³/mol. The monoisotopic (exact) mass is 487 g/mol. The second-order valence-corrected chi connectivity index (χ2v) is 10.2. The predicted octanol–water partition coefficient (Wildman–Crippen LogP) is 2.97. The van der Waals surface area contributed by atoms with E-state index in [0.29, 0.717) is 11.3 Å². The van der Waals surface area contributed by atoms with Gasteiger partial charge in [0.1, 0.15) is 18.4 Å². The Hall–Kier alpha value is -2.75. The molecule has 2 aromatic rings. The molecule has 0 fully saturated rings. The summed E-state index contributed by atoms with van der Waals surface area (Å²) in [5.41, 5.74) is 3.14. The Morgan fingerprint density at radius 1 is 1.15 bits per heavy atom. The average molecular weight is 488 g/mol. The minimum atomic E-state index is -1.13. The third kappa shape index (κ3) is 7.12. The van der Waals surface area contributed by atoms with Crippen molar-refractivity contribution in [1.82, 2.24) is 5.32 Å². The van der Waals surface area contributed by atoms with Gasteiger partial charge in [0.15, 0.2) is 0 Å². The molecule has 2 atom stereocenters. The molecule has 2 unspecified atom stereocenters. The van der Waals surface area contributed by atoms with Gasteiger partial charge in [-0.25, -0.2) is 9.59 Å². The normalized spacial score (nSPS) is 15.2. The second-order valence-electron chi connectivity index (χ2n) is 7.44. The lowest BCUT2D eigenvalue weighted by Gasteiger charge is -2.14. The van der Waals surface area contributed by atoms with E-state index in [2.05, 4.69) is 5.32 Å². The lowest BCUT2D eigenvalue weighted by Crippen LogP contribution is -2.42. The molecule has 1 amide bonds. The maximum Gasteiger partial charge on any atom is 0.339 e. The third-order valence-corrected chi connectivity index (χ3v) is 6.87. The van der Waals surface area contributed by atoms with Gasteiger partial charge in [-0.1, -0.05) is 53.6 Å². The lowest BCUT2D eigenvalue weighted by molar-refractivity contribution is -0.141. The maximum absolute atomic E-state index is 12.2. The Labute approximate surface area is 199 Å². The number of aliphatic carboxylic acids is 1. The number of carbonyl (C=O) groups is 3. The molecule has 2 aromatic carbocycles. The Morgan fingerprint density at radius 3 is 2.48 bits per heavy atom. The number of amides is 1. The minimum absolute atomic E-state index is 0.131. The van der Waals surface area contributed by atoms with Crippen LogP contribution in [0.4, 0.5) is 0 Å². The SMILES string of the molecule is C[S+]([O-])CCC(NC(=O)CCSc1ccc(C2=C(c3ccccc3)C(=O)OC2)cc1)C(=O)O. The minimum Gasteiger partial charge on any atom is -0.617 e. The largest absolute Gasteiger partial charge is 0.617 e. The fourth-order valence-corrected chi connectivity index (χ4v) is 4.77. The smallest absolute Gasteiger partial charge is 0.339 e. The Kier molecular flexibility index (Phi) is 8.99. The van der Waals surface area contributed by atoms with Crippen LogP contribution in [-0.2, 0) is 30.3 Å². The molecule has 2 N–H and O–H groups in total. The van der Waals surface area contributed by atoms with Crippen molar-refractivity contribution < 1.29 is 28.8 Å². The van der Waals surface area contributed by atoms with E-state index in [4.69, 9.17) is 4.74 Å². The van der Waals surface area contributed by atoms with Gasteiger partial charge in [-0.15, -0.1) is 11.8 Å². The summed E-state index contributed by atoms with van der Waals surface area (Å²) in [7, 11) is 0. The zero-order valence-corrected chi connectivity index (χ0v) is 19.7. The molecule has 1 heterocycles. The molecule has 0 saturated heterocycles. The van der Waals surface area contributed by atoms with Crippen molar-refractivity contribution in [3.8, 4) is 0 Å². The molecule has 0 aliphatic carbocycles. The van der Waals surface area contributed by atoms with Crippen LogP contribution in [0, 0.1) is 0 Å². The average Bonchev–Trinajstić information content (AvgIpc) is 3.18. The third-order valence-electron chi connectivity index (χ3n) is 5.04. The Morgan fingerprint density at radius 2 is 1.85 bits per heavy atom. The van der Waals surface area contributed by atoms with Gasteiger partial charge in [-0.3, -0.25) is 4.79 Å². The van der Waals surface area contributed by atoms with E-state index in [9.17, 15) is 24.0 Å². The highest BCUT2D eigenvalue weighted by atomic mass is 32.2. The molecule has 0 saturated carbocycles. The van der Waals surface area contributed by atoms with Gasteiger partial charge in [0.25, 0.3) is 0 Å². The lowest BCUT2D eigenvalue weighted by atomic mass is 9.97. The molecule has 174 valence electrons. The zero-order valence-electron chi connectivity index (χ0n) is 18.1. The number of carbonyl (C=O) groups excluding carboxylic acids is 2. The molecule has 0 aromatic heterocycles. The highest BCUT2D eigenvalue weighted by Crippen LogP contribution is 2.33. The van der Waals surface area contributed by atoms with Gasteiger partial charge in [-0.05, 0) is 23.3 Å². The topological polar surface area (TPSA) is 116 Å². The first-order valence-electron chi connectivity index (χ1n) is 10.4. The molecule has 0 spiro atoms. The van der Waals surface area contributed by atoms with Crippen molar-refractivity contribution in [2.24, 2.45) is 0 Å². The summed E-state index contributed by atoms with van der Waals surface area (Å²) in [6.07, 6.45) is 1.79. The molecule has 7 nitrogen and oxygen atoms in total. The van der Waals surface area contributed by atoms with Gasteiger partial charge in [0.05, 0.1) is 11.8 Å². The summed E-state index contributed by atoms with van der Waals surface area (Å²) in [5.74, 6) is -1.11. The molecule has 1 aliphatic heterocycles. The number of cyclic esters (lactones) is 1. The number of hydrogen-bond donors (Lipinski definition) is 2. The number of ether oxygens (including phenoxy) is 1. The van der Waals surface area contributed by atoms with Crippen LogP contribution in [0.1, 0.15) is 24.0 Å². The Balaban J connectivity index is 1.56. The number of rotatable bonds is 11. The fraction of sp³-hybridized carbons (Fsp3) is 0.292. The first-order chi connectivity index (χ1) is 15.8. The number of carboxylic acids is 1. The van der Waals surface area contributed by atoms with E-state index < -0.39 is 23.2 Å². The first kappa shape index (κ1) is 24.9. The zero-order chi connectivity index (χ0) is 23.8. The van der Waals surface area contributed by atoms with Crippen molar-refractivity contribution in [3.05, 3.63) is 65.7 Å². The van der Waals surface area contributed by atoms with Gasteiger partial charge in [0.2, 0.25) is 5.91 Å². The molecule has 33 heavy (non-hydrogen) atoms. The van der Waals surface area contributed by atoms with Crippen molar-refractivity contribution in [1.29, 1.82) is 0 Å². The summed E-state index contributed by atoms with van der Waals surface area (Å²) in [5, 5.41) is 11.7. The number of nitrogens with one attached hydrogen (secondary N) is 1. The molecule has 0 radical (unpaired) electrons. The number of benzene rings is 2. The van der Waals surface area contributed by atoms with E-state index >= 15 is 0 Å². The van der Waals surface area contributed by atoms with E-state index in [0.717, 1.165) is 21.6 Å². The van der Waals surface area contributed by atoms with E-state index in [-0.39, 0.29) is 37.1 Å². The molecule has 0 bridgehead atoms. The van der Waals surface area contributed by atoms with E-state index in [1.54, 1.807) is 0 Å². The van der Waals surface area contributed by atoms with Gasteiger partial charge < -0.3 is 19.7 Å². The van der Waals surface area contributed by atoms with Crippen LogP contribution < -0.4 is 5.32 Å². The van der Waals surface area contributed by atoms with Crippen molar-refractivity contribution in [2.45, 2.75) is 23.8 Å². The number of esters is 1. The number of carboxylic acid groups (broad SMARTS) is 1. The van der Waals surface area contributed by atoms with Crippen LogP contribution >= 0.6 is 11.8 Å². The number of hydrogen-bond acceptors (Lipinski definition) is 6. The Bertz CT molecular complexity index is 1020. The summed E-state index contributed by atoms with van der Waals surface area (Å²) >= 11 is 0.366. The number of thioether (sulfide) groups is 1. The van der Waals surface area contributed by atoms with Crippen LogP contribution in [0.2, 0.25) is 0 Å². The van der Waals surface area contributed by atoms with Crippen LogP contribution in [-0.4, -0.2) is 57.9 Å². The van der Waals surface area contributed by atoms with E-state index in [1.165, 1.54) is 18.0 Å². The van der Waals surface area contributed by atoms with Crippen LogP contribution in [0.3, 0.4) is 0 Å². The van der Waals surface area contributed by atoms with Crippen LogP contribution in [0.5, 0.6) is 0 Å². The highest BCUT2D eigenvalue weighted by molar-refractivity contribution is 7.99. The van der Waals surface area contributed by atoms with E-state index in [1.807, 2.05) is 54.6 Å². The standard InChI is InChI=1S/C24H25NO6S2/c1-33(30)14-12-20(23(27)28)25-21(26)11-13-32-18-9-7-16(8-10-18)19-15-31-24(29)22(19)17-5-3-2-4-6-17/h2-10,20H,11-15H2,1H3,(H,25,26)(H,27,28). The highest BCUT2D eigenvalue weighted by Gasteiger charge is 2.27. The summed E-state index contributed by atoms with van der Waals surface area (Å²) in [6, 6.07) is 16.1. The van der Waals surface area contributed by atoms with Crippen molar-refractivity contribution in [3.63, 3.8) is 0 Å². The molecule has 3 rings (SSSR count). The van der Waals surface area contributed by atoms with Crippen LogP contribution in [0.15, 0.2) is 59.5 Å². The van der Waals surface area contributed by atoms with Crippen molar-refractivity contribution >= 4 is 51.9 Å².